The summed E-state index contributed by atoms with van der Waals surface area (Å²) in [5.74, 6) is -2.14. The molecule has 0 heterocycles. The molecule has 0 atom stereocenters. The fourth-order valence-corrected chi connectivity index (χ4v) is 10.4. The molecule has 0 aliphatic rings. The zero-order chi connectivity index (χ0) is 49.1. The number of benzene rings is 6. The molecule has 0 spiro atoms. The molecule has 0 bridgehead atoms. The number of nitrogens with one attached hydrogen (secondary N) is 4. The Kier molecular flexibility index (Phi) is 28.7. The molecule has 0 aliphatic heterocycles. The zero-order valence-electron chi connectivity index (χ0n) is 38.5. The van der Waals surface area contributed by atoms with E-state index >= 15 is 0 Å². The molecule has 0 aliphatic carbocycles. The summed E-state index contributed by atoms with van der Waals surface area (Å²) in [6.45, 7) is 0. The van der Waals surface area contributed by atoms with Gasteiger partial charge >= 0.3 is 6.03 Å². The van der Waals surface area contributed by atoms with Crippen LogP contribution in [0.3, 0.4) is 0 Å². The van der Waals surface area contributed by atoms with Gasteiger partial charge < -0.3 is 26.7 Å². The van der Waals surface area contributed by atoms with Crippen molar-refractivity contribution in [2.24, 2.45) is 0 Å². The normalized spacial score (nSPS) is 11.5. The summed E-state index contributed by atoms with van der Waals surface area (Å²) in [6.07, 6.45) is 0. The predicted octanol–water partition coefficient (Wildman–Crippen LogP) is 0.512. The first-order valence-electron chi connectivity index (χ1n) is 17.2. The molecule has 6 aromatic rings. The average Bonchev–Trinajstić information content (AvgIpc) is 3.17. The topological polar surface area (TPSA) is 457 Å². The number of carbonyl (C=O) groups is 3. The maximum absolute atomic E-state index is 13.4. The van der Waals surface area contributed by atoms with Crippen LogP contribution in [0, 0.1) is 0 Å². The van der Waals surface area contributed by atoms with Crippen LogP contribution in [0.2, 0.25) is 0 Å². The van der Waals surface area contributed by atoms with E-state index in [1.54, 1.807) is 0 Å². The number of amides is 4. The molecule has 26 nitrogen and oxygen atoms in total. The van der Waals surface area contributed by atoms with Crippen LogP contribution in [-0.2, 0) is 60.7 Å². The van der Waals surface area contributed by atoms with Crippen molar-refractivity contribution in [3.8, 4) is 0 Å². The summed E-state index contributed by atoms with van der Waals surface area (Å²) < 4.78 is 204. The van der Waals surface area contributed by atoms with Crippen molar-refractivity contribution in [3.05, 3.63) is 108 Å². The Hall–Kier alpha value is -0.530. The van der Waals surface area contributed by atoms with Crippen LogP contribution in [0.4, 0.5) is 27.5 Å². The van der Waals surface area contributed by atoms with Crippen LogP contribution >= 0.6 is 0 Å². The fraction of sp³-hybridized carbons (Fsp3) is 0. The van der Waals surface area contributed by atoms with E-state index in [4.69, 9.17) is 0 Å². The minimum Gasteiger partial charge on any atom is -0.412 e. The summed E-state index contributed by atoms with van der Waals surface area (Å²) in [5.41, 5.74) is -1.78. The van der Waals surface area contributed by atoms with E-state index in [9.17, 15) is 92.2 Å². The van der Waals surface area contributed by atoms with E-state index in [0.29, 0.717) is 24.3 Å². The summed E-state index contributed by atoms with van der Waals surface area (Å²) in [6, 6.07) is 13.1. The molecule has 362 valence electrons. The van der Waals surface area contributed by atoms with E-state index in [2.05, 4.69) is 21.3 Å². The van der Waals surface area contributed by atoms with Gasteiger partial charge in [-0.1, -0.05) is 12.1 Å². The number of hydrogen-bond acceptors (Lipinski definition) is 15. The average molecular weight is 1190 g/mol. The smallest absolute Gasteiger partial charge is 0.323 e. The summed E-state index contributed by atoms with van der Waals surface area (Å²) in [4.78, 5) is 32.8. The third kappa shape index (κ3) is 18.3. The van der Waals surface area contributed by atoms with E-state index < -0.39 is 141 Å². The van der Waals surface area contributed by atoms with Gasteiger partial charge in [-0.15, -0.1) is 0 Å². The maximum Gasteiger partial charge on any atom is 0.323 e. The quantitative estimate of drug-likeness (QED) is 0.0589. The van der Waals surface area contributed by atoms with Gasteiger partial charge in [0.25, 0.3) is 72.5 Å². The Morgan fingerprint density at radius 3 is 0.932 bits per heavy atom. The van der Waals surface area contributed by atoms with E-state index in [-0.39, 0.29) is 217 Å². The molecule has 73 heavy (non-hydrogen) atoms. The van der Waals surface area contributed by atoms with E-state index in [0.717, 1.165) is 24.3 Å². The first-order valence-corrected chi connectivity index (χ1v) is 25.8. The summed E-state index contributed by atoms with van der Waals surface area (Å²) in [5, 5.41) is 5.95. The third-order valence-corrected chi connectivity index (χ3v) is 14.2. The van der Waals surface area contributed by atoms with Crippen LogP contribution in [0.1, 0.15) is 20.7 Å². The standard InChI is InChI=1S/C35H26N4O21S6.6Na.H2O/c40-33(38-25-7-9-27(63(49,50)51)23-13-21(61(43,44)45)15-29(31(23)25)65(55,56)57)17-3-1-5-19(11-17)36-35(42)37-20-6-2-4-18(12-20)34(41)39-26-8-10-28(64(52,53)54)24-14-22(62(46,47)48)16-30(32(24)26)66(58,59)60;;;;;;;/h1-16H,(H,38,40)(H,39,41)(H2,36,37,42)(H,43,44,45)(H,46,47,48)(H,49,50,51)(H,52,53,54)(H,55,56,57)(H,58,59,60);;;;;;;1H2. The van der Waals surface area contributed by atoms with Crippen LogP contribution in [0.15, 0.2) is 126 Å². The van der Waals surface area contributed by atoms with Gasteiger partial charge in [0.15, 0.2) is 0 Å². The molecule has 0 unspecified atom stereocenters. The molecule has 6 radical (unpaired) electrons. The van der Waals surface area contributed by atoms with Crippen molar-refractivity contribution in [2.45, 2.75) is 29.4 Å². The molecule has 0 saturated heterocycles. The number of fused-ring (bicyclic) bond motifs is 2. The number of carbonyl (C=O) groups excluding carboxylic acids is 3. The largest absolute Gasteiger partial charge is 0.412 e. The Morgan fingerprint density at radius 1 is 0.356 bits per heavy atom. The number of rotatable bonds is 12. The Morgan fingerprint density at radius 2 is 0.658 bits per heavy atom. The first-order chi connectivity index (χ1) is 30.2. The molecule has 6 rings (SSSR count). The SMILES string of the molecule is O.O=C(Nc1cccc(C(=O)Nc2ccc(S(=O)(=O)O)c3cc(S(=O)(=O)O)cc(S(=O)(=O)O)c23)c1)Nc1cccc(C(=O)Nc2ccc(S(=O)(=O)O)c3cc(S(=O)(=O)O)cc(S(=O)(=O)O)c23)c1.[Na].[Na].[Na].[Na].[Na].[Na]. The minimum absolute atomic E-state index is 0. The number of urea groups is 1. The van der Waals surface area contributed by atoms with Gasteiger partial charge in [-0.25, -0.2) is 4.79 Å². The summed E-state index contributed by atoms with van der Waals surface area (Å²) >= 11 is 0. The van der Waals surface area contributed by atoms with Crippen molar-refractivity contribution < 1.29 is 97.7 Å². The van der Waals surface area contributed by atoms with Crippen LogP contribution in [-0.4, -0.2) is 278 Å². The van der Waals surface area contributed by atoms with Crippen LogP contribution in [0.25, 0.3) is 21.5 Å². The fourth-order valence-electron chi connectivity index (χ4n) is 6.31. The monoisotopic (exact) mass is 1190 g/mol. The third-order valence-electron chi connectivity index (χ3n) is 8.99. The molecular formula is C35H28N4Na6O22S6. The molecule has 6 aromatic carbocycles. The van der Waals surface area contributed by atoms with Gasteiger partial charge in [-0.05, 0) is 84.9 Å². The first kappa shape index (κ1) is 74.5. The van der Waals surface area contributed by atoms with Crippen LogP contribution < -0.4 is 21.3 Å². The second kappa shape index (κ2) is 28.1. The second-order valence-electron chi connectivity index (χ2n) is 13.4. The molecule has 0 aromatic heterocycles. The second-order valence-corrected chi connectivity index (χ2v) is 21.8. The van der Waals surface area contributed by atoms with Gasteiger partial charge in [0.2, 0.25) is 0 Å². The number of hydrogen-bond donors (Lipinski definition) is 10. The Labute approximate surface area is 547 Å². The number of anilines is 4. The van der Waals surface area contributed by atoms with E-state index in [1.807, 2.05) is 0 Å². The van der Waals surface area contributed by atoms with E-state index in [1.165, 1.54) is 36.4 Å². The minimum atomic E-state index is -5.45. The van der Waals surface area contributed by atoms with Crippen molar-refractivity contribution in [1.29, 1.82) is 0 Å². The molecule has 0 fully saturated rings. The van der Waals surface area contributed by atoms with Gasteiger partial charge in [0.1, 0.15) is 19.6 Å². The van der Waals surface area contributed by atoms with Crippen molar-refractivity contribution in [1.82, 2.24) is 0 Å². The Balaban J connectivity index is 0. The molecule has 0 saturated carbocycles. The predicted molar refractivity (Wildman–Crippen MR) is 266 cm³/mol. The molecule has 4 amide bonds. The van der Waals surface area contributed by atoms with Crippen molar-refractivity contribution >= 4 is 300 Å². The van der Waals surface area contributed by atoms with Crippen molar-refractivity contribution in [3.63, 3.8) is 0 Å². The van der Waals surface area contributed by atoms with Crippen LogP contribution in [0.5, 0.6) is 0 Å². The zero-order valence-corrected chi connectivity index (χ0v) is 55.4. The maximum atomic E-state index is 13.4. The van der Waals surface area contributed by atoms with Gasteiger partial charge in [-0.3, -0.25) is 36.9 Å². The van der Waals surface area contributed by atoms with Crippen molar-refractivity contribution in [2.75, 3.05) is 21.3 Å². The molecule has 12 N–H and O–H groups in total. The van der Waals surface area contributed by atoms with Gasteiger partial charge in [-0.2, -0.15) is 50.5 Å². The molecule has 38 heteroatoms. The van der Waals surface area contributed by atoms with Gasteiger partial charge in [0.05, 0.1) is 21.2 Å². The Bertz CT molecular complexity index is 3610. The molecular weight excluding hydrogens is 1160 g/mol. The summed E-state index contributed by atoms with van der Waals surface area (Å²) in [7, 11) is -31.9. The van der Waals surface area contributed by atoms with Gasteiger partial charge in [0, 0.05) is 221 Å².